The largest absolute Gasteiger partial charge is 0.454 e. The standard InChI is InChI=1S/C15H21N5O4/c21-20(22)12-8-16-17-15(12)19-5-3-18(4-6-19)9-11-1-2-13-14(7-11)24-10-23-13/h1-2,7,12,15-17H,3-6,8-10H2. The van der Waals surface area contributed by atoms with Crippen LogP contribution < -0.4 is 20.3 Å². The van der Waals surface area contributed by atoms with Gasteiger partial charge in [-0.3, -0.25) is 19.9 Å². The molecule has 2 fully saturated rings. The molecule has 0 aliphatic carbocycles. The van der Waals surface area contributed by atoms with Crippen molar-refractivity contribution in [1.82, 2.24) is 20.7 Å². The van der Waals surface area contributed by atoms with Crippen molar-refractivity contribution in [2.45, 2.75) is 18.8 Å². The summed E-state index contributed by atoms with van der Waals surface area (Å²) < 4.78 is 10.8. The maximum Gasteiger partial charge on any atom is 0.256 e. The number of hydrogen-bond donors (Lipinski definition) is 2. The topological polar surface area (TPSA) is 92.1 Å². The molecule has 24 heavy (non-hydrogen) atoms. The van der Waals surface area contributed by atoms with Gasteiger partial charge < -0.3 is 9.47 Å². The molecule has 0 spiro atoms. The van der Waals surface area contributed by atoms with E-state index in [1.165, 1.54) is 5.56 Å². The lowest BCUT2D eigenvalue weighted by molar-refractivity contribution is -0.524. The number of hydrogen-bond acceptors (Lipinski definition) is 8. The molecular weight excluding hydrogens is 314 g/mol. The van der Waals surface area contributed by atoms with Crippen LogP contribution in [0.1, 0.15) is 5.56 Å². The minimum absolute atomic E-state index is 0.198. The highest BCUT2D eigenvalue weighted by atomic mass is 16.7. The Labute approximate surface area is 139 Å². The molecular formula is C15H21N5O4. The number of hydrazine groups is 1. The molecule has 0 saturated carbocycles. The van der Waals surface area contributed by atoms with Crippen LogP contribution >= 0.6 is 0 Å². The van der Waals surface area contributed by atoms with Crippen LogP contribution in [0.4, 0.5) is 0 Å². The summed E-state index contributed by atoms with van der Waals surface area (Å²) in [5, 5.41) is 11.1. The lowest BCUT2D eigenvalue weighted by atomic mass is 10.1. The molecule has 0 bridgehead atoms. The van der Waals surface area contributed by atoms with Crippen molar-refractivity contribution < 1.29 is 14.4 Å². The number of ether oxygens (including phenoxy) is 2. The predicted molar refractivity (Wildman–Crippen MR) is 85.1 cm³/mol. The zero-order valence-corrected chi connectivity index (χ0v) is 13.3. The van der Waals surface area contributed by atoms with Crippen LogP contribution in [0.5, 0.6) is 11.5 Å². The van der Waals surface area contributed by atoms with Crippen molar-refractivity contribution in [1.29, 1.82) is 0 Å². The molecule has 2 N–H and O–H groups in total. The van der Waals surface area contributed by atoms with Crippen LogP contribution in [0.2, 0.25) is 0 Å². The van der Waals surface area contributed by atoms with E-state index in [0.717, 1.165) is 44.2 Å². The SMILES string of the molecule is O=[N+]([O-])C1CNNC1N1CCN(Cc2ccc3c(c2)OCO3)CC1. The van der Waals surface area contributed by atoms with Crippen LogP contribution in [0.3, 0.4) is 0 Å². The van der Waals surface area contributed by atoms with Gasteiger partial charge in [0.2, 0.25) is 6.79 Å². The van der Waals surface area contributed by atoms with Gasteiger partial charge in [0.05, 0.1) is 6.54 Å². The second kappa shape index (κ2) is 6.52. The van der Waals surface area contributed by atoms with Crippen molar-refractivity contribution in [2.24, 2.45) is 0 Å². The molecule has 4 rings (SSSR count). The number of fused-ring (bicyclic) bond motifs is 1. The molecule has 0 aromatic heterocycles. The Balaban J connectivity index is 1.32. The first-order valence-corrected chi connectivity index (χ1v) is 8.17. The maximum absolute atomic E-state index is 11.1. The first kappa shape index (κ1) is 15.6. The maximum atomic E-state index is 11.1. The zero-order chi connectivity index (χ0) is 16.5. The van der Waals surface area contributed by atoms with Crippen LogP contribution in [0.25, 0.3) is 0 Å². The highest BCUT2D eigenvalue weighted by Gasteiger charge is 2.41. The second-order valence-electron chi connectivity index (χ2n) is 6.32. The number of piperazine rings is 1. The number of benzene rings is 1. The Bertz CT molecular complexity index is 620. The van der Waals surface area contributed by atoms with E-state index in [1.807, 2.05) is 12.1 Å². The summed E-state index contributed by atoms with van der Waals surface area (Å²) >= 11 is 0. The fourth-order valence-corrected chi connectivity index (χ4v) is 3.50. The van der Waals surface area contributed by atoms with Gasteiger partial charge in [0, 0.05) is 37.6 Å². The third-order valence-corrected chi connectivity index (χ3v) is 4.84. The van der Waals surface area contributed by atoms with Crippen molar-refractivity contribution in [2.75, 3.05) is 39.5 Å². The normalized spacial score (nSPS) is 27.5. The van der Waals surface area contributed by atoms with E-state index in [9.17, 15) is 10.1 Å². The smallest absolute Gasteiger partial charge is 0.256 e. The Morgan fingerprint density at radius 1 is 1.21 bits per heavy atom. The van der Waals surface area contributed by atoms with Gasteiger partial charge in [-0.15, -0.1) is 0 Å². The molecule has 9 nitrogen and oxygen atoms in total. The summed E-state index contributed by atoms with van der Waals surface area (Å²) in [6.07, 6.45) is -0.229. The fourth-order valence-electron chi connectivity index (χ4n) is 3.50. The molecule has 1 aromatic carbocycles. The van der Waals surface area contributed by atoms with Crippen LogP contribution in [0.15, 0.2) is 18.2 Å². The summed E-state index contributed by atoms with van der Waals surface area (Å²) in [6, 6.07) is 5.44. The third-order valence-electron chi connectivity index (χ3n) is 4.84. The summed E-state index contributed by atoms with van der Waals surface area (Å²) in [6.45, 7) is 4.91. The van der Waals surface area contributed by atoms with Gasteiger partial charge in [-0.2, -0.15) is 0 Å². The van der Waals surface area contributed by atoms with E-state index < -0.39 is 6.04 Å². The van der Waals surface area contributed by atoms with Crippen molar-refractivity contribution >= 4 is 0 Å². The predicted octanol–water partition coefficient (Wildman–Crippen LogP) is -0.388. The highest BCUT2D eigenvalue weighted by Crippen LogP contribution is 2.32. The number of nitro groups is 1. The van der Waals surface area contributed by atoms with Crippen LogP contribution in [-0.4, -0.2) is 66.4 Å². The third kappa shape index (κ3) is 3.03. The lowest BCUT2D eigenvalue weighted by Crippen LogP contribution is -2.57. The van der Waals surface area contributed by atoms with E-state index >= 15 is 0 Å². The summed E-state index contributed by atoms with van der Waals surface area (Å²) in [7, 11) is 0. The highest BCUT2D eigenvalue weighted by molar-refractivity contribution is 5.44. The first-order chi connectivity index (χ1) is 11.7. The van der Waals surface area contributed by atoms with Crippen molar-refractivity contribution in [3.8, 4) is 11.5 Å². The fraction of sp³-hybridized carbons (Fsp3) is 0.600. The van der Waals surface area contributed by atoms with Gasteiger partial charge in [-0.05, 0) is 17.7 Å². The molecule has 2 unspecified atom stereocenters. The van der Waals surface area contributed by atoms with Crippen molar-refractivity contribution in [3.05, 3.63) is 33.9 Å². The molecule has 2 saturated heterocycles. The number of nitrogens with one attached hydrogen (secondary N) is 2. The molecule has 0 amide bonds. The van der Waals surface area contributed by atoms with E-state index in [4.69, 9.17) is 9.47 Å². The van der Waals surface area contributed by atoms with Gasteiger partial charge in [0.25, 0.3) is 6.04 Å². The minimum atomic E-state index is -0.592. The molecule has 3 heterocycles. The van der Waals surface area contributed by atoms with E-state index in [-0.39, 0.29) is 17.9 Å². The zero-order valence-electron chi connectivity index (χ0n) is 13.3. The molecule has 9 heteroatoms. The number of rotatable bonds is 4. The molecule has 3 aliphatic rings. The minimum Gasteiger partial charge on any atom is -0.454 e. The summed E-state index contributed by atoms with van der Waals surface area (Å²) in [5.41, 5.74) is 7.13. The van der Waals surface area contributed by atoms with E-state index in [0.29, 0.717) is 6.54 Å². The van der Waals surface area contributed by atoms with Crippen molar-refractivity contribution in [3.63, 3.8) is 0 Å². The lowest BCUT2D eigenvalue weighted by Gasteiger charge is -2.37. The monoisotopic (exact) mass is 335 g/mol. The second-order valence-corrected chi connectivity index (χ2v) is 6.32. The molecule has 0 radical (unpaired) electrons. The Morgan fingerprint density at radius 2 is 2.00 bits per heavy atom. The van der Waals surface area contributed by atoms with Gasteiger partial charge in [-0.25, -0.2) is 10.9 Å². The molecule has 130 valence electrons. The van der Waals surface area contributed by atoms with Gasteiger partial charge in [0.1, 0.15) is 6.17 Å². The van der Waals surface area contributed by atoms with Gasteiger partial charge in [-0.1, -0.05) is 6.07 Å². The van der Waals surface area contributed by atoms with Gasteiger partial charge in [0.15, 0.2) is 11.5 Å². The Hall–Kier alpha value is -1.94. The molecule has 2 atom stereocenters. The van der Waals surface area contributed by atoms with Gasteiger partial charge >= 0.3 is 0 Å². The Morgan fingerprint density at radius 3 is 2.79 bits per heavy atom. The number of nitrogens with zero attached hydrogens (tertiary/aromatic N) is 3. The van der Waals surface area contributed by atoms with E-state index in [1.54, 1.807) is 0 Å². The van der Waals surface area contributed by atoms with E-state index in [2.05, 4.69) is 26.7 Å². The quantitative estimate of drug-likeness (QED) is 0.568. The average Bonchev–Trinajstić information content (AvgIpc) is 3.24. The summed E-state index contributed by atoms with van der Waals surface area (Å²) in [4.78, 5) is 15.4. The average molecular weight is 335 g/mol. The summed E-state index contributed by atoms with van der Waals surface area (Å²) in [5.74, 6) is 1.61. The van der Waals surface area contributed by atoms with Crippen LogP contribution in [-0.2, 0) is 6.54 Å². The van der Waals surface area contributed by atoms with Crippen LogP contribution in [0, 0.1) is 10.1 Å². The molecule has 1 aromatic rings. The first-order valence-electron chi connectivity index (χ1n) is 8.17. The molecule has 3 aliphatic heterocycles. The Kier molecular flexibility index (Phi) is 4.23.